The molecule has 0 saturated heterocycles. The maximum atomic E-state index is 12.0. The summed E-state index contributed by atoms with van der Waals surface area (Å²) in [4.78, 5) is 34.7. The summed E-state index contributed by atoms with van der Waals surface area (Å²) < 4.78 is 9.61. The first-order valence-electron chi connectivity index (χ1n) is 6.60. The third-order valence-corrected chi connectivity index (χ3v) is 3.49. The maximum Gasteiger partial charge on any atom is 0.309 e. The molecule has 3 unspecified atom stereocenters. The van der Waals surface area contributed by atoms with Gasteiger partial charge < -0.3 is 14.6 Å². The van der Waals surface area contributed by atoms with E-state index in [1.54, 1.807) is 0 Å². The van der Waals surface area contributed by atoms with Crippen molar-refractivity contribution < 1.29 is 29.0 Å². The zero-order chi connectivity index (χ0) is 15.1. The van der Waals surface area contributed by atoms with Gasteiger partial charge in [-0.25, -0.2) is 0 Å². The van der Waals surface area contributed by atoms with Gasteiger partial charge in [0.05, 0.1) is 18.9 Å². The summed E-state index contributed by atoms with van der Waals surface area (Å²) in [5.74, 6) is -2.67. The van der Waals surface area contributed by atoms with Crippen LogP contribution in [0.15, 0.2) is 12.7 Å². The number of aliphatic hydroxyl groups is 1. The van der Waals surface area contributed by atoms with Crippen LogP contribution in [0.2, 0.25) is 0 Å². The second-order valence-corrected chi connectivity index (χ2v) is 4.77. The first-order chi connectivity index (χ1) is 9.51. The van der Waals surface area contributed by atoms with Gasteiger partial charge in [-0.2, -0.15) is 0 Å². The normalized spacial score (nSPS) is 23.5. The molecule has 0 spiro atoms. The fourth-order valence-corrected chi connectivity index (χ4v) is 2.33. The van der Waals surface area contributed by atoms with Gasteiger partial charge in [0.1, 0.15) is 6.61 Å². The quantitative estimate of drug-likeness (QED) is 0.568. The number of methoxy groups -OCH3 is 1. The van der Waals surface area contributed by atoms with Gasteiger partial charge in [0.15, 0.2) is 11.9 Å². The van der Waals surface area contributed by atoms with Crippen LogP contribution in [-0.2, 0) is 23.9 Å². The van der Waals surface area contributed by atoms with E-state index in [0.29, 0.717) is 12.8 Å². The molecule has 112 valence electrons. The molecule has 1 rings (SSSR count). The van der Waals surface area contributed by atoms with Crippen LogP contribution in [0.4, 0.5) is 0 Å². The van der Waals surface area contributed by atoms with Gasteiger partial charge in [-0.15, -0.1) is 0 Å². The van der Waals surface area contributed by atoms with Crippen molar-refractivity contribution in [3.63, 3.8) is 0 Å². The molecule has 20 heavy (non-hydrogen) atoms. The molecule has 1 fully saturated rings. The van der Waals surface area contributed by atoms with Gasteiger partial charge in [-0.05, 0) is 18.9 Å². The SMILES string of the molecule is C=CC(=O)C(O)COC(=O)C1CCCCC1C(=O)OC. The Hall–Kier alpha value is -1.69. The van der Waals surface area contributed by atoms with E-state index in [0.717, 1.165) is 18.9 Å². The number of rotatable bonds is 6. The Morgan fingerprint density at radius 1 is 1.25 bits per heavy atom. The molecule has 6 heteroatoms. The molecule has 0 aromatic rings. The molecule has 6 nitrogen and oxygen atoms in total. The van der Waals surface area contributed by atoms with Crippen LogP contribution in [0.3, 0.4) is 0 Å². The molecule has 1 saturated carbocycles. The van der Waals surface area contributed by atoms with Crippen molar-refractivity contribution in [1.29, 1.82) is 0 Å². The third kappa shape index (κ3) is 4.16. The predicted molar refractivity (Wildman–Crippen MR) is 69.6 cm³/mol. The predicted octanol–water partition coefficient (Wildman–Crippen LogP) is 0.625. The number of ketones is 1. The van der Waals surface area contributed by atoms with Crippen LogP contribution in [-0.4, -0.2) is 42.6 Å². The molecule has 3 atom stereocenters. The minimum absolute atomic E-state index is 0.422. The van der Waals surface area contributed by atoms with Gasteiger partial charge in [0.2, 0.25) is 0 Å². The van der Waals surface area contributed by atoms with E-state index < -0.39 is 42.3 Å². The average molecular weight is 284 g/mol. The standard InChI is InChI=1S/C14H20O6/c1-3-11(15)12(16)8-20-14(18)10-7-5-4-6-9(10)13(17)19-2/h3,9-10,12,16H,1,4-8H2,2H3. The highest BCUT2D eigenvalue weighted by Gasteiger charge is 2.37. The van der Waals surface area contributed by atoms with Crippen molar-refractivity contribution in [1.82, 2.24) is 0 Å². The summed E-state index contributed by atoms with van der Waals surface area (Å²) in [6, 6.07) is 0. The van der Waals surface area contributed by atoms with E-state index in [1.165, 1.54) is 7.11 Å². The monoisotopic (exact) mass is 284 g/mol. The van der Waals surface area contributed by atoms with E-state index in [1.807, 2.05) is 0 Å². The summed E-state index contributed by atoms with van der Waals surface area (Å²) in [7, 11) is 1.28. The van der Waals surface area contributed by atoms with Crippen molar-refractivity contribution >= 4 is 17.7 Å². The Bertz CT molecular complexity index is 389. The Labute approximate surface area is 117 Å². The van der Waals surface area contributed by atoms with Gasteiger partial charge in [-0.3, -0.25) is 14.4 Å². The number of esters is 2. The highest BCUT2D eigenvalue weighted by molar-refractivity contribution is 5.93. The van der Waals surface area contributed by atoms with E-state index in [2.05, 4.69) is 11.3 Å². The first kappa shape index (κ1) is 16.4. The topological polar surface area (TPSA) is 89.9 Å². The molecule has 0 heterocycles. The fourth-order valence-electron chi connectivity index (χ4n) is 2.33. The minimum atomic E-state index is -1.41. The second kappa shape index (κ2) is 7.79. The molecule has 0 radical (unpaired) electrons. The van der Waals surface area contributed by atoms with Crippen LogP contribution >= 0.6 is 0 Å². The lowest BCUT2D eigenvalue weighted by molar-refractivity contribution is -0.163. The zero-order valence-electron chi connectivity index (χ0n) is 11.5. The number of carbonyl (C=O) groups is 3. The summed E-state index contributed by atoms with van der Waals surface area (Å²) >= 11 is 0. The van der Waals surface area contributed by atoms with Crippen molar-refractivity contribution in [3.8, 4) is 0 Å². The summed E-state index contributed by atoms with van der Waals surface area (Å²) in [5.41, 5.74) is 0. The third-order valence-electron chi connectivity index (χ3n) is 3.49. The molecular formula is C14H20O6. The molecule has 0 aliphatic heterocycles. The summed E-state index contributed by atoms with van der Waals surface area (Å²) in [6.45, 7) is 2.81. The molecule has 0 amide bonds. The summed E-state index contributed by atoms with van der Waals surface area (Å²) in [5, 5.41) is 9.40. The number of hydrogen-bond donors (Lipinski definition) is 1. The van der Waals surface area contributed by atoms with Crippen LogP contribution in [0.25, 0.3) is 0 Å². The smallest absolute Gasteiger partial charge is 0.309 e. The lowest BCUT2D eigenvalue weighted by Crippen LogP contribution is -2.36. The van der Waals surface area contributed by atoms with Crippen molar-refractivity contribution in [3.05, 3.63) is 12.7 Å². The van der Waals surface area contributed by atoms with Crippen LogP contribution < -0.4 is 0 Å². The largest absolute Gasteiger partial charge is 0.469 e. The lowest BCUT2D eigenvalue weighted by Gasteiger charge is -2.27. The number of ether oxygens (including phenoxy) is 2. The van der Waals surface area contributed by atoms with Gasteiger partial charge >= 0.3 is 11.9 Å². The van der Waals surface area contributed by atoms with Gasteiger partial charge in [0.25, 0.3) is 0 Å². The van der Waals surface area contributed by atoms with Crippen LogP contribution in [0.5, 0.6) is 0 Å². The lowest BCUT2D eigenvalue weighted by atomic mass is 9.79. The van der Waals surface area contributed by atoms with Crippen molar-refractivity contribution in [2.24, 2.45) is 11.8 Å². The van der Waals surface area contributed by atoms with E-state index >= 15 is 0 Å². The average Bonchev–Trinajstić information content (AvgIpc) is 2.50. The second-order valence-electron chi connectivity index (χ2n) is 4.77. The molecular weight excluding hydrogens is 264 g/mol. The Morgan fingerprint density at radius 3 is 2.30 bits per heavy atom. The highest BCUT2D eigenvalue weighted by atomic mass is 16.5. The van der Waals surface area contributed by atoms with Gasteiger partial charge in [-0.1, -0.05) is 19.4 Å². The molecule has 1 N–H and O–H groups in total. The molecule has 0 aromatic heterocycles. The molecule has 1 aliphatic rings. The van der Waals surface area contributed by atoms with E-state index in [9.17, 15) is 19.5 Å². The van der Waals surface area contributed by atoms with E-state index in [-0.39, 0.29) is 0 Å². The Balaban J connectivity index is 2.57. The Morgan fingerprint density at radius 2 is 1.80 bits per heavy atom. The Kier molecular flexibility index (Phi) is 6.38. The van der Waals surface area contributed by atoms with Crippen LogP contribution in [0.1, 0.15) is 25.7 Å². The fraction of sp³-hybridized carbons (Fsp3) is 0.643. The zero-order valence-corrected chi connectivity index (χ0v) is 11.5. The minimum Gasteiger partial charge on any atom is -0.469 e. The number of aliphatic hydroxyl groups excluding tert-OH is 1. The summed E-state index contributed by atoms with van der Waals surface area (Å²) in [6.07, 6.45) is 2.39. The number of carbonyl (C=O) groups excluding carboxylic acids is 3. The van der Waals surface area contributed by atoms with Gasteiger partial charge in [0, 0.05) is 0 Å². The molecule has 1 aliphatic carbocycles. The van der Waals surface area contributed by atoms with E-state index in [4.69, 9.17) is 4.74 Å². The molecule has 0 aromatic carbocycles. The first-order valence-corrected chi connectivity index (χ1v) is 6.60. The van der Waals surface area contributed by atoms with Crippen molar-refractivity contribution in [2.45, 2.75) is 31.8 Å². The van der Waals surface area contributed by atoms with Crippen molar-refractivity contribution in [2.75, 3.05) is 13.7 Å². The highest BCUT2D eigenvalue weighted by Crippen LogP contribution is 2.31. The number of hydrogen-bond acceptors (Lipinski definition) is 6. The van der Waals surface area contributed by atoms with Crippen LogP contribution in [0, 0.1) is 11.8 Å². The maximum absolute atomic E-state index is 12.0. The molecule has 0 bridgehead atoms.